The van der Waals surface area contributed by atoms with Gasteiger partial charge in [-0.25, -0.2) is 8.97 Å². The van der Waals surface area contributed by atoms with Gasteiger partial charge in [-0.1, -0.05) is 26.0 Å². The number of hydrogen-bond donors (Lipinski definition) is 0. The van der Waals surface area contributed by atoms with E-state index in [9.17, 15) is 4.39 Å². The number of hydrogen-bond acceptors (Lipinski definition) is 1. The van der Waals surface area contributed by atoms with E-state index in [1.807, 2.05) is 18.2 Å². The molecule has 0 saturated carbocycles. The zero-order valence-corrected chi connectivity index (χ0v) is 14.7. The smallest absolute Gasteiger partial charge is 0.184 e. The number of fused-ring (bicyclic) bond motifs is 1. The van der Waals surface area contributed by atoms with Crippen molar-refractivity contribution in [1.82, 2.24) is 0 Å². The molecule has 1 aliphatic heterocycles. The van der Waals surface area contributed by atoms with E-state index < -0.39 is 0 Å². The first-order valence-corrected chi connectivity index (χ1v) is 8.60. The van der Waals surface area contributed by atoms with Crippen LogP contribution in [0.4, 0.5) is 4.39 Å². The summed E-state index contributed by atoms with van der Waals surface area (Å²) in [4.78, 5) is 0. The first-order valence-electron chi connectivity index (χ1n) is 8.60. The number of halogens is 1. The topological polar surface area (TPSA) is 12.2 Å². The van der Waals surface area contributed by atoms with Gasteiger partial charge in [-0.2, -0.15) is 0 Å². The average molecular weight is 326 g/mol. The van der Waals surface area contributed by atoms with E-state index in [2.05, 4.69) is 30.6 Å². The third-order valence-corrected chi connectivity index (χ3v) is 4.58. The minimum Gasteiger partial charge on any atom is -0.497 e. The molecule has 0 radical (unpaired) electrons. The van der Waals surface area contributed by atoms with Gasteiger partial charge in [0, 0.05) is 18.4 Å². The molecular formula is C21H25FNO+. The summed E-state index contributed by atoms with van der Waals surface area (Å²) in [6.07, 6.45) is 1.95. The highest BCUT2D eigenvalue weighted by Gasteiger charge is 2.27. The van der Waals surface area contributed by atoms with Gasteiger partial charge in [0.15, 0.2) is 12.3 Å². The van der Waals surface area contributed by atoms with Crippen LogP contribution in [-0.4, -0.2) is 23.9 Å². The van der Waals surface area contributed by atoms with Gasteiger partial charge in [-0.3, -0.25) is 0 Å². The van der Waals surface area contributed by atoms with Crippen molar-refractivity contribution in [2.75, 3.05) is 13.7 Å². The summed E-state index contributed by atoms with van der Waals surface area (Å²) in [5, 5.41) is 0. The van der Waals surface area contributed by atoms with Gasteiger partial charge in [0.25, 0.3) is 0 Å². The van der Waals surface area contributed by atoms with Gasteiger partial charge >= 0.3 is 0 Å². The third-order valence-electron chi connectivity index (χ3n) is 4.58. The molecule has 0 saturated heterocycles. The number of benzene rings is 2. The molecule has 0 unspecified atom stereocenters. The molecule has 0 aromatic heterocycles. The van der Waals surface area contributed by atoms with Gasteiger partial charge in [-0.05, 0) is 41.8 Å². The maximum Gasteiger partial charge on any atom is 0.184 e. The van der Waals surface area contributed by atoms with Crippen molar-refractivity contribution in [1.29, 1.82) is 0 Å². The van der Waals surface area contributed by atoms with Crippen LogP contribution < -0.4 is 4.74 Å². The van der Waals surface area contributed by atoms with Crippen LogP contribution in [0.15, 0.2) is 42.5 Å². The molecule has 0 spiro atoms. The second-order valence-electron chi connectivity index (χ2n) is 6.83. The van der Waals surface area contributed by atoms with Crippen LogP contribution in [0.2, 0.25) is 0 Å². The Labute approximate surface area is 143 Å². The standard InChI is InChI=1S/C21H25FNO/c1-15(2)12-21-19-9-8-18(24-3)13-16(19)10-11-23(21)14-17-6-4-5-7-20(17)22/h4-9,13,15H,10-12,14H2,1-3H3/q+1. The zero-order valence-electron chi connectivity index (χ0n) is 14.7. The van der Waals surface area contributed by atoms with Crippen LogP contribution in [0, 0.1) is 11.7 Å². The summed E-state index contributed by atoms with van der Waals surface area (Å²) in [6.45, 7) is 5.99. The maximum atomic E-state index is 14.1. The van der Waals surface area contributed by atoms with E-state index in [1.165, 1.54) is 16.8 Å². The Morgan fingerprint density at radius 3 is 2.67 bits per heavy atom. The Kier molecular flexibility index (Phi) is 4.98. The van der Waals surface area contributed by atoms with E-state index >= 15 is 0 Å². The highest BCUT2D eigenvalue weighted by Crippen LogP contribution is 2.25. The molecule has 1 aliphatic rings. The van der Waals surface area contributed by atoms with Crippen LogP contribution in [0.5, 0.6) is 5.75 Å². The Morgan fingerprint density at radius 2 is 1.96 bits per heavy atom. The van der Waals surface area contributed by atoms with Crippen molar-refractivity contribution in [3.8, 4) is 5.75 Å². The van der Waals surface area contributed by atoms with Crippen molar-refractivity contribution >= 4 is 5.71 Å². The quantitative estimate of drug-likeness (QED) is 0.740. The molecule has 2 nitrogen and oxygen atoms in total. The van der Waals surface area contributed by atoms with E-state index in [-0.39, 0.29) is 5.82 Å². The van der Waals surface area contributed by atoms with Crippen LogP contribution in [-0.2, 0) is 13.0 Å². The lowest BCUT2D eigenvalue weighted by molar-refractivity contribution is -0.546. The predicted octanol–water partition coefficient (Wildman–Crippen LogP) is 4.44. The van der Waals surface area contributed by atoms with Crippen molar-refractivity contribution in [3.63, 3.8) is 0 Å². The van der Waals surface area contributed by atoms with Crippen molar-refractivity contribution < 1.29 is 13.7 Å². The van der Waals surface area contributed by atoms with Crippen molar-refractivity contribution in [3.05, 3.63) is 65.0 Å². The average Bonchev–Trinajstić information content (AvgIpc) is 2.58. The van der Waals surface area contributed by atoms with Gasteiger partial charge in [0.1, 0.15) is 18.1 Å². The normalized spacial score (nSPS) is 14.0. The Morgan fingerprint density at radius 1 is 1.17 bits per heavy atom. The molecule has 3 heteroatoms. The molecule has 24 heavy (non-hydrogen) atoms. The maximum absolute atomic E-state index is 14.1. The number of methoxy groups -OCH3 is 1. The third kappa shape index (κ3) is 3.50. The lowest BCUT2D eigenvalue weighted by Gasteiger charge is -2.20. The highest BCUT2D eigenvalue weighted by molar-refractivity contribution is 5.99. The lowest BCUT2D eigenvalue weighted by Crippen LogP contribution is -2.31. The first-order chi connectivity index (χ1) is 11.6. The van der Waals surface area contributed by atoms with Gasteiger partial charge in [0.05, 0.1) is 12.7 Å². The molecule has 2 aromatic rings. The van der Waals surface area contributed by atoms with E-state index in [1.54, 1.807) is 19.2 Å². The molecule has 1 heterocycles. The van der Waals surface area contributed by atoms with Crippen LogP contribution in [0.1, 0.15) is 37.0 Å². The number of nitrogens with zero attached hydrogens (tertiary/aromatic N) is 1. The second kappa shape index (κ2) is 7.16. The molecule has 0 bridgehead atoms. The number of ether oxygens (including phenoxy) is 1. The summed E-state index contributed by atoms with van der Waals surface area (Å²) in [5.41, 5.74) is 4.69. The largest absolute Gasteiger partial charge is 0.497 e. The Balaban J connectivity index is 2.02. The lowest BCUT2D eigenvalue weighted by atomic mass is 9.91. The van der Waals surface area contributed by atoms with Crippen LogP contribution in [0.25, 0.3) is 0 Å². The first kappa shape index (κ1) is 16.7. The molecule has 3 rings (SSSR count). The zero-order chi connectivity index (χ0) is 17.1. The molecule has 0 N–H and O–H groups in total. The fraction of sp³-hybridized carbons (Fsp3) is 0.381. The number of rotatable bonds is 5. The van der Waals surface area contributed by atoms with Crippen LogP contribution in [0.3, 0.4) is 0 Å². The summed E-state index contributed by atoms with van der Waals surface area (Å²) < 4.78 is 21.8. The Hall–Kier alpha value is -2.16. The molecule has 126 valence electrons. The predicted molar refractivity (Wildman–Crippen MR) is 95.5 cm³/mol. The fourth-order valence-corrected chi connectivity index (χ4v) is 3.38. The van der Waals surface area contributed by atoms with E-state index in [0.717, 1.165) is 30.7 Å². The van der Waals surface area contributed by atoms with Gasteiger partial charge in [-0.15, -0.1) is 0 Å². The van der Waals surface area contributed by atoms with Crippen LogP contribution >= 0.6 is 0 Å². The van der Waals surface area contributed by atoms with Crippen molar-refractivity contribution in [2.24, 2.45) is 5.92 Å². The molecule has 0 fully saturated rings. The van der Waals surface area contributed by atoms with Gasteiger partial charge < -0.3 is 4.74 Å². The molecule has 0 amide bonds. The molecular weight excluding hydrogens is 301 g/mol. The summed E-state index contributed by atoms with van der Waals surface area (Å²) in [5.74, 6) is 1.33. The SMILES string of the molecule is COc1ccc2c(c1)CC[N+](Cc1ccccc1F)=C2CC(C)C. The van der Waals surface area contributed by atoms with E-state index in [0.29, 0.717) is 12.5 Å². The minimum absolute atomic E-state index is 0.123. The fourth-order valence-electron chi connectivity index (χ4n) is 3.38. The molecule has 0 atom stereocenters. The molecule has 0 aliphatic carbocycles. The summed E-state index contributed by atoms with van der Waals surface area (Å²) in [7, 11) is 1.70. The summed E-state index contributed by atoms with van der Waals surface area (Å²) >= 11 is 0. The van der Waals surface area contributed by atoms with Gasteiger partial charge in [0.2, 0.25) is 0 Å². The van der Waals surface area contributed by atoms with E-state index in [4.69, 9.17) is 4.74 Å². The molecule has 2 aromatic carbocycles. The monoisotopic (exact) mass is 326 g/mol. The summed E-state index contributed by atoms with van der Waals surface area (Å²) in [6, 6.07) is 13.4. The highest BCUT2D eigenvalue weighted by atomic mass is 19.1. The second-order valence-corrected chi connectivity index (χ2v) is 6.83. The van der Waals surface area contributed by atoms with Crippen molar-refractivity contribution in [2.45, 2.75) is 33.2 Å². The Bertz CT molecular complexity index is 764. The minimum atomic E-state index is -0.123.